The van der Waals surface area contributed by atoms with Gasteiger partial charge >= 0.3 is 0 Å². The molecule has 0 radical (unpaired) electrons. The lowest BCUT2D eigenvalue weighted by Gasteiger charge is -2.21. The topological polar surface area (TPSA) is 121 Å². The van der Waals surface area contributed by atoms with E-state index < -0.39 is 27.9 Å². The predicted octanol–water partition coefficient (Wildman–Crippen LogP) is -0.724. The van der Waals surface area contributed by atoms with Crippen molar-refractivity contribution in [1.29, 1.82) is 0 Å². The van der Waals surface area contributed by atoms with Gasteiger partial charge in [-0.15, -0.1) is 0 Å². The first-order valence-corrected chi connectivity index (χ1v) is 8.54. The first-order valence-electron chi connectivity index (χ1n) is 7.06. The molecule has 9 heteroatoms. The maximum atomic E-state index is 11.9. The summed E-state index contributed by atoms with van der Waals surface area (Å²) >= 11 is 0. The smallest absolute Gasteiger partial charge is 0.249 e. The number of hydrogen-bond donors (Lipinski definition) is 3. The van der Waals surface area contributed by atoms with Crippen LogP contribution in [0.4, 0.5) is 0 Å². The third-order valence-electron chi connectivity index (χ3n) is 3.27. The van der Waals surface area contributed by atoms with E-state index in [1.807, 2.05) is 0 Å². The van der Waals surface area contributed by atoms with Gasteiger partial charge in [-0.25, -0.2) is 13.1 Å². The van der Waals surface area contributed by atoms with Crippen LogP contribution < -0.4 is 15.4 Å². The maximum Gasteiger partial charge on any atom is 0.249 e. The fourth-order valence-corrected chi connectivity index (χ4v) is 3.13. The summed E-state index contributed by atoms with van der Waals surface area (Å²) in [4.78, 5) is 34.4. The second-order valence-electron chi connectivity index (χ2n) is 5.03. The molecule has 23 heavy (non-hydrogen) atoms. The molecule has 1 aliphatic rings. The second-order valence-corrected chi connectivity index (χ2v) is 6.80. The molecule has 1 unspecified atom stereocenters. The molecule has 1 aromatic rings. The fourth-order valence-electron chi connectivity index (χ4n) is 2.08. The zero-order chi connectivity index (χ0) is 16.9. The van der Waals surface area contributed by atoms with Crippen LogP contribution in [-0.2, 0) is 24.4 Å². The highest BCUT2D eigenvalue weighted by atomic mass is 32.2. The van der Waals surface area contributed by atoms with Gasteiger partial charge in [-0.1, -0.05) is 18.2 Å². The van der Waals surface area contributed by atoms with E-state index in [1.165, 1.54) is 12.1 Å². The van der Waals surface area contributed by atoms with E-state index in [0.29, 0.717) is 0 Å². The van der Waals surface area contributed by atoms with E-state index in [9.17, 15) is 22.8 Å². The number of nitrogens with one attached hydrogen (secondary N) is 3. The Labute approximate surface area is 133 Å². The highest BCUT2D eigenvalue weighted by Crippen LogP contribution is 2.07. The van der Waals surface area contributed by atoms with E-state index in [2.05, 4.69) is 15.4 Å². The number of hydrogen-bond acceptors (Lipinski definition) is 5. The largest absolute Gasteiger partial charge is 0.344 e. The molecule has 0 aliphatic carbocycles. The molecule has 1 fully saturated rings. The van der Waals surface area contributed by atoms with Crippen molar-refractivity contribution in [3.05, 3.63) is 30.3 Å². The highest BCUT2D eigenvalue weighted by molar-refractivity contribution is 7.89. The molecule has 1 saturated heterocycles. The zero-order valence-corrected chi connectivity index (χ0v) is 13.1. The summed E-state index contributed by atoms with van der Waals surface area (Å²) in [6, 6.07) is 7.05. The number of benzene rings is 1. The summed E-state index contributed by atoms with van der Waals surface area (Å²) in [5.41, 5.74) is 0. The number of carbonyl (C=O) groups excluding carboxylic acids is 3. The van der Waals surface area contributed by atoms with Gasteiger partial charge in [-0.2, -0.15) is 0 Å². The van der Waals surface area contributed by atoms with Crippen LogP contribution in [0.3, 0.4) is 0 Å². The van der Waals surface area contributed by atoms with Gasteiger partial charge in [-0.3, -0.25) is 19.7 Å². The van der Waals surface area contributed by atoms with Gasteiger partial charge in [-0.05, 0) is 18.6 Å². The summed E-state index contributed by atoms with van der Waals surface area (Å²) in [7, 11) is -3.66. The molecule has 1 aromatic carbocycles. The van der Waals surface area contributed by atoms with Crippen molar-refractivity contribution in [2.45, 2.75) is 30.2 Å². The lowest BCUT2D eigenvalue weighted by atomic mass is 10.1. The van der Waals surface area contributed by atoms with Crippen molar-refractivity contribution in [2.75, 3.05) is 6.54 Å². The Bertz CT molecular complexity index is 702. The third kappa shape index (κ3) is 4.86. The van der Waals surface area contributed by atoms with E-state index in [1.54, 1.807) is 18.2 Å². The van der Waals surface area contributed by atoms with Gasteiger partial charge in [0.05, 0.1) is 4.90 Å². The first kappa shape index (κ1) is 17.1. The van der Waals surface area contributed by atoms with Crippen LogP contribution in [-0.4, -0.2) is 38.7 Å². The maximum absolute atomic E-state index is 11.9. The molecule has 3 N–H and O–H groups in total. The van der Waals surface area contributed by atoms with E-state index in [-0.39, 0.29) is 36.6 Å². The summed E-state index contributed by atoms with van der Waals surface area (Å²) in [5.74, 6) is -1.37. The summed E-state index contributed by atoms with van der Waals surface area (Å²) in [6.07, 6.45) is 0.299. The number of rotatable bonds is 6. The molecule has 1 heterocycles. The third-order valence-corrected chi connectivity index (χ3v) is 4.75. The molecular formula is C14H17N3O5S. The summed E-state index contributed by atoms with van der Waals surface area (Å²) in [5, 5.41) is 4.61. The lowest BCUT2D eigenvalue weighted by Crippen LogP contribution is -2.52. The monoisotopic (exact) mass is 339 g/mol. The first-order chi connectivity index (χ1) is 10.9. The number of piperidine rings is 1. The van der Waals surface area contributed by atoms with Gasteiger partial charge in [0.2, 0.25) is 27.7 Å². The normalized spacial score (nSPS) is 18.3. The lowest BCUT2D eigenvalue weighted by molar-refractivity contribution is -0.137. The molecule has 124 valence electrons. The summed E-state index contributed by atoms with van der Waals surface area (Å²) < 4.78 is 26.2. The SMILES string of the molecule is O=C1CCC(NC(=O)CCNS(=O)(=O)c2ccccc2)C(=O)N1. The quantitative estimate of drug-likeness (QED) is 0.590. The van der Waals surface area contributed by atoms with E-state index >= 15 is 0 Å². The van der Waals surface area contributed by atoms with Crippen LogP contribution in [0.1, 0.15) is 19.3 Å². The van der Waals surface area contributed by atoms with Crippen LogP contribution >= 0.6 is 0 Å². The Morgan fingerprint density at radius 1 is 1.22 bits per heavy atom. The fraction of sp³-hybridized carbons (Fsp3) is 0.357. The van der Waals surface area contributed by atoms with Crippen molar-refractivity contribution in [2.24, 2.45) is 0 Å². The molecule has 3 amide bonds. The van der Waals surface area contributed by atoms with E-state index in [0.717, 1.165) is 0 Å². The number of imide groups is 1. The zero-order valence-electron chi connectivity index (χ0n) is 12.2. The van der Waals surface area contributed by atoms with Crippen LogP contribution in [0.25, 0.3) is 0 Å². The van der Waals surface area contributed by atoms with Crippen molar-refractivity contribution >= 4 is 27.7 Å². The molecule has 1 atom stereocenters. The van der Waals surface area contributed by atoms with Crippen molar-refractivity contribution in [3.8, 4) is 0 Å². The standard InChI is InChI=1S/C14H17N3O5S/c18-12-7-6-11(14(20)17-12)16-13(19)8-9-15-23(21,22)10-4-2-1-3-5-10/h1-5,11,15H,6-9H2,(H,16,19)(H,17,18,20). The molecule has 8 nitrogen and oxygen atoms in total. The Morgan fingerprint density at radius 3 is 2.57 bits per heavy atom. The number of sulfonamides is 1. The molecular weight excluding hydrogens is 322 g/mol. The van der Waals surface area contributed by atoms with Gasteiger partial charge in [0.1, 0.15) is 6.04 Å². The highest BCUT2D eigenvalue weighted by Gasteiger charge is 2.27. The van der Waals surface area contributed by atoms with Crippen molar-refractivity contribution < 1.29 is 22.8 Å². The minimum Gasteiger partial charge on any atom is -0.344 e. The molecule has 0 saturated carbocycles. The van der Waals surface area contributed by atoms with Crippen LogP contribution in [0.5, 0.6) is 0 Å². The van der Waals surface area contributed by atoms with E-state index in [4.69, 9.17) is 0 Å². The molecule has 0 bridgehead atoms. The minimum atomic E-state index is -3.66. The number of carbonyl (C=O) groups is 3. The number of amides is 3. The minimum absolute atomic E-state index is 0.0870. The van der Waals surface area contributed by atoms with Crippen LogP contribution in [0, 0.1) is 0 Å². The van der Waals surface area contributed by atoms with Crippen molar-refractivity contribution in [1.82, 2.24) is 15.4 Å². The Hall–Kier alpha value is -2.26. The Morgan fingerprint density at radius 2 is 1.91 bits per heavy atom. The van der Waals surface area contributed by atoms with Crippen molar-refractivity contribution in [3.63, 3.8) is 0 Å². The average molecular weight is 339 g/mol. The average Bonchev–Trinajstić information content (AvgIpc) is 2.51. The van der Waals surface area contributed by atoms with Gasteiger partial charge in [0.25, 0.3) is 0 Å². The Kier molecular flexibility index (Phi) is 5.45. The van der Waals surface area contributed by atoms with Gasteiger partial charge < -0.3 is 5.32 Å². The molecule has 0 aromatic heterocycles. The molecule has 2 rings (SSSR count). The van der Waals surface area contributed by atoms with Gasteiger partial charge in [0.15, 0.2) is 0 Å². The predicted molar refractivity (Wildman–Crippen MR) is 80.6 cm³/mol. The summed E-state index contributed by atoms with van der Waals surface area (Å²) in [6.45, 7) is -0.0870. The van der Waals surface area contributed by atoms with Crippen LogP contribution in [0.15, 0.2) is 35.2 Å². The molecule has 0 spiro atoms. The Balaban J connectivity index is 1.79. The molecule has 1 aliphatic heterocycles. The second kappa shape index (κ2) is 7.34. The van der Waals surface area contributed by atoms with Crippen LogP contribution in [0.2, 0.25) is 0 Å². The van der Waals surface area contributed by atoms with Gasteiger partial charge in [0, 0.05) is 19.4 Å².